The molecule has 0 saturated heterocycles. The van der Waals surface area contributed by atoms with Gasteiger partial charge in [0.1, 0.15) is 0 Å². The van der Waals surface area contributed by atoms with Crippen molar-refractivity contribution in [2.24, 2.45) is 0 Å². The number of carbonyl (C=O) groups is 2. The molecule has 0 spiro atoms. The normalized spacial score (nSPS) is 13.3. The predicted molar refractivity (Wildman–Crippen MR) is 111 cm³/mol. The van der Waals surface area contributed by atoms with Crippen molar-refractivity contribution in [2.45, 2.75) is 26.2 Å². The Bertz CT molecular complexity index is 1250. The van der Waals surface area contributed by atoms with Gasteiger partial charge in [0.25, 0.3) is 11.8 Å². The van der Waals surface area contributed by atoms with Crippen molar-refractivity contribution in [1.82, 2.24) is 9.88 Å². The number of hydrogen-bond acceptors (Lipinski definition) is 2. The Morgan fingerprint density at radius 2 is 1.61 bits per heavy atom. The number of imide groups is 1. The highest BCUT2D eigenvalue weighted by Gasteiger charge is 2.26. The largest absolute Gasteiger partial charge is 0.316 e. The first-order valence-electron chi connectivity index (χ1n) is 9.70. The summed E-state index contributed by atoms with van der Waals surface area (Å²) in [4.78, 5) is 24.7. The number of benzene rings is 3. The minimum atomic E-state index is -0.332. The van der Waals surface area contributed by atoms with E-state index >= 15 is 0 Å². The van der Waals surface area contributed by atoms with Crippen LogP contribution in [0.5, 0.6) is 0 Å². The zero-order valence-corrected chi connectivity index (χ0v) is 15.7. The number of aromatic nitrogens is 1. The van der Waals surface area contributed by atoms with Gasteiger partial charge < -0.3 is 4.57 Å². The van der Waals surface area contributed by atoms with E-state index in [-0.39, 0.29) is 11.8 Å². The lowest BCUT2D eigenvalue weighted by Gasteiger charge is -2.19. The molecule has 2 amide bonds. The van der Waals surface area contributed by atoms with Crippen LogP contribution in [0.1, 0.15) is 46.0 Å². The van der Waals surface area contributed by atoms with Gasteiger partial charge >= 0.3 is 0 Å². The Labute approximate surface area is 162 Å². The van der Waals surface area contributed by atoms with Crippen LogP contribution in [-0.2, 0) is 6.42 Å². The van der Waals surface area contributed by atoms with Crippen molar-refractivity contribution in [3.05, 3.63) is 77.5 Å². The second kappa shape index (κ2) is 6.34. The summed E-state index contributed by atoms with van der Waals surface area (Å²) in [7, 11) is 0. The lowest BCUT2D eigenvalue weighted by atomic mass is 9.94. The number of fused-ring (bicyclic) bond motifs is 1. The number of aryl methyl sites for hydroxylation is 1. The second-order valence-corrected chi connectivity index (χ2v) is 7.29. The first-order valence-corrected chi connectivity index (χ1v) is 9.70. The van der Waals surface area contributed by atoms with Crippen molar-refractivity contribution in [1.29, 1.82) is 0 Å². The number of hydrogen-bond donors (Lipinski definition) is 1. The summed E-state index contributed by atoms with van der Waals surface area (Å²) in [5, 5.41) is 5.34. The molecule has 0 radical (unpaired) electrons. The first kappa shape index (κ1) is 16.8. The smallest absolute Gasteiger partial charge is 0.258 e. The predicted octanol–water partition coefficient (Wildman–Crippen LogP) is 5.01. The maximum atomic E-state index is 12.3. The van der Waals surface area contributed by atoms with Crippen LogP contribution in [-0.4, -0.2) is 16.4 Å². The van der Waals surface area contributed by atoms with Crippen molar-refractivity contribution in [3.63, 3.8) is 0 Å². The molecule has 28 heavy (non-hydrogen) atoms. The highest BCUT2D eigenvalue weighted by Crippen LogP contribution is 2.34. The fourth-order valence-electron chi connectivity index (χ4n) is 4.23. The third kappa shape index (κ3) is 2.38. The van der Waals surface area contributed by atoms with Crippen LogP contribution in [0.15, 0.2) is 60.8 Å². The highest BCUT2D eigenvalue weighted by atomic mass is 16.2. The fraction of sp³-hybridized carbons (Fsp3) is 0.167. The number of amides is 2. The summed E-state index contributed by atoms with van der Waals surface area (Å²) >= 11 is 0. The number of nitrogens with one attached hydrogen (secondary N) is 1. The maximum Gasteiger partial charge on any atom is 0.258 e. The molecule has 0 bridgehead atoms. The lowest BCUT2D eigenvalue weighted by molar-refractivity contribution is 0.0845. The van der Waals surface area contributed by atoms with E-state index < -0.39 is 0 Å². The molecule has 4 nitrogen and oxygen atoms in total. The second-order valence-electron chi connectivity index (χ2n) is 7.29. The molecule has 0 unspecified atom stereocenters. The molecule has 138 valence electrons. The van der Waals surface area contributed by atoms with Gasteiger partial charge in [-0.25, -0.2) is 0 Å². The zero-order valence-electron chi connectivity index (χ0n) is 15.7. The molecule has 1 aromatic heterocycles. The minimum Gasteiger partial charge on any atom is -0.316 e. The highest BCUT2D eigenvalue weighted by molar-refractivity contribution is 6.26. The topological polar surface area (TPSA) is 51.1 Å². The van der Waals surface area contributed by atoms with Gasteiger partial charge in [-0.05, 0) is 42.7 Å². The molecule has 4 heteroatoms. The average molecular weight is 368 g/mol. The van der Waals surface area contributed by atoms with E-state index in [9.17, 15) is 9.59 Å². The van der Waals surface area contributed by atoms with Gasteiger partial charge in [0.05, 0.1) is 11.2 Å². The number of para-hydroxylation sites is 1. The standard InChI is InChI=1S/C24H20N2O2/c1-2-3-7-15-14-26(20-11-5-4-8-16(15)20)21-13-12-19-22-17(21)9-6-10-18(22)23(27)25-24(19)28/h4-6,8-14H,2-3,7H2,1H3,(H,25,27,28). The van der Waals surface area contributed by atoms with Crippen LogP contribution in [0.25, 0.3) is 27.4 Å². The van der Waals surface area contributed by atoms with E-state index in [4.69, 9.17) is 0 Å². The molecule has 2 heterocycles. The first-order chi connectivity index (χ1) is 13.7. The van der Waals surface area contributed by atoms with Gasteiger partial charge in [-0.3, -0.25) is 14.9 Å². The summed E-state index contributed by atoms with van der Waals surface area (Å²) < 4.78 is 2.19. The molecule has 0 atom stereocenters. The SMILES string of the molecule is CCCCc1cn(-c2ccc3c4c(cccc24)C(=O)NC3=O)c2ccccc12. The van der Waals surface area contributed by atoms with Crippen molar-refractivity contribution < 1.29 is 9.59 Å². The Balaban J connectivity index is 1.81. The van der Waals surface area contributed by atoms with E-state index in [1.807, 2.05) is 30.3 Å². The number of rotatable bonds is 4. The van der Waals surface area contributed by atoms with Gasteiger partial charge in [-0.15, -0.1) is 0 Å². The van der Waals surface area contributed by atoms with E-state index in [0.717, 1.165) is 41.2 Å². The molecular formula is C24H20N2O2. The quantitative estimate of drug-likeness (QED) is 0.515. The van der Waals surface area contributed by atoms with Crippen molar-refractivity contribution in [3.8, 4) is 5.69 Å². The van der Waals surface area contributed by atoms with Gasteiger partial charge in [0.15, 0.2) is 0 Å². The summed E-state index contributed by atoms with van der Waals surface area (Å²) in [6.07, 6.45) is 5.53. The number of unbranched alkanes of at least 4 members (excludes halogenated alkanes) is 1. The molecule has 4 aromatic rings. The van der Waals surface area contributed by atoms with Crippen LogP contribution in [0.2, 0.25) is 0 Å². The van der Waals surface area contributed by atoms with Crippen LogP contribution >= 0.6 is 0 Å². The average Bonchev–Trinajstić information content (AvgIpc) is 3.08. The van der Waals surface area contributed by atoms with E-state index in [0.29, 0.717) is 11.1 Å². The molecule has 5 rings (SSSR count). The third-order valence-electron chi connectivity index (χ3n) is 5.59. The summed E-state index contributed by atoms with van der Waals surface area (Å²) in [5.74, 6) is -0.664. The van der Waals surface area contributed by atoms with Crippen LogP contribution in [0.3, 0.4) is 0 Å². The van der Waals surface area contributed by atoms with Crippen LogP contribution in [0, 0.1) is 0 Å². The Morgan fingerprint density at radius 1 is 0.857 bits per heavy atom. The molecule has 1 N–H and O–H groups in total. The van der Waals surface area contributed by atoms with E-state index in [1.54, 1.807) is 6.07 Å². The van der Waals surface area contributed by atoms with Gasteiger partial charge in [0.2, 0.25) is 0 Å². The van der Waals surface area contributed by atoms with Gasteiger partial charge in [0, 0.05) is 33.5 Å². The molecule has 0 aliphatic carbocycles. The van der Waals surface area contributed by atoms with Crippen LogP contribution in [0.4, 0.5) is 0 Å². The molecule has 1 aliphatic rings. The van der Waals surface area contributed by atoms with Gasteiger partial charge in [-0.2, -0.15) is 0 Å². The van der Waals surface area contributed by atoms with E-state index in [2.05, 4.69) is 41.2 Å². The van der Waals surface area contributed by atoms with Gasteiger partial charge in [-0.1, -0.05) is 43.7 Å². The Morgan fingerprint density at radius 3 is 2.43 bits per heavy atom. The molecule has 0 fully saturated rings. The monoisotopic (exact) mass is 368 g/mol. The van der Waals surface area contributed by atoms with Crippen LogP contribution < -0.4 is 5.32 Å². The van der Waals surface area contributed by atoms with Crippen molar-refractivity contribution in [2.75, 3.05) is 0 Å². The minimum absolute atomic E-state index is 0.332. The zero-order chi connectivity index (χ0) is 19.3. The van der Waals surface area contributed by atoms with Crippen molar-refractivity contribution >= 4 is 33.5 Å². The fourth-order valence-corrected chi connectivity index (χ4v) is 4.23. The number of nitrogens with zero attached hydrogens (tertiary/aromatic N) is 1. The molecule has 3 aromatic carbocycles. The Kier molecular flexibility index (Phi) is 3.79. The summed E-state index contributed by atoms with van der Waals surface area (Å²) in [6, 6.07) is 17.9. The van der Waals surface area contributed by atoms with E-state index in [1.165, 1.54) is 10.9 Å². The maximum absolute atomic E-state index is 12.3. The Hall–Kier alpha value is -3.40. The molecular weight excluding hydrogens is 348 g/mol. The summed E-state index contributed by atoms with van der Waals surface area (Å²) in [5.41, 5.74) is 4.56. The number of carbonyl (C=O) groups excluding carboxylic acids is 2. The molecule has 1 aliphatic heterocycles. The third-order valence-corrected chi connectivity index (χ3v) is 5.59. The molecule has 0 saturated carbocycles. The lowest BCUT2D eigenvalue weighted by Crippen LogP contribution is -2.34. The summed E-state index contributed by atoms with van der Waals surface area (Å²) in [6.45, 7) is 2.20.